The van der Waals surface area contributed by atoms with Crippen LogP contribution >= 0.6 is 11.6 Å². The van der Waals surface area contributed by atoms with Gasteiger partial charge < -0.3 is 5.32 Å². The number of hydrogen-bond acceptors (Lipinski definition) is 4. The molecule has 0 fully saturated rings. The Bertz CT molecular complexity index is 455. The molecule has 0 saturated heterocycles. The van der Waals surface area contributed by atoms with Crippen molar-refractivity contribution >= 4 is 21.4 Å². The van der Waals surface area contributed by atoms with Gasteiger partial charge in [-0.1, -0.05) is 11.6 Å². The second-order valence-electron chi connectivity index (χ2n) is 3.63. The topological polar surface area (TPSA) is 64.0 Å². The molecule has 0 saturated carbocycles. The molecule has 0 aromatic carbocycles. The minimum atomic E-state index is -3.07. The van der Waals surface area contributed by atoms with Crippen molar-refractivity contribution in [3.05, 3.63) is 16.9 Å². The van der Waals surface area contributed by atoms with Crippen LogP contribution in [0.2, 0.25) is 5.02 Å². The van der Waals surface area contributed by atoms with Gasteiger partial charge in [-0.3, -0.25) is 4.68 Å². The van der Waals surface area contributed by atoms with Crippen LogP contribution in [0.1, 0.15) is 18.7 Å². The van der Waals surface area contributed by atoms with Crippen LogP contribution < -0.4 is 5.32 Å². The smallest absolute Gasteiger partial charge is 0.149 e. The van der Waals surface area contributed by atoms with E-state index < -0.39 is 9.84 Å². The average molecular weight is 266 g/mol. The zero-order chi connectivity index (χ0) is 12.3. The predicted molar refractivity (Wildman–Crippen MR) is 64.4 cm³/mol. The second kappa shape index (κ2) is 5.16. The molecule has 0 aliphatic carbocycles. The molecule has 0 amide bonds. The maximum absolute atomic E-state index is 11.3. The summed E-state index contributed by atoms with van der Waals surface area (Å²) in [4.78, 5) is 0. The minimum absolute atomic E-state index is 0.00884. The standard InChI is InChI=1S/C9H16ClN3O2S/c1-4-13-9(7(10)5-12-13)8(11-2)6-16(3,14)15/h5,8,11H,4,6H2,1-3H3. The van der Waals surface area contributed by atoms with Crippen LogP contribution in [0, 0.1) is 0 Å². The monoisotopic (exact) mass is 265 g/mol. The minimum Gasteiger partial charge on any atom is -0.311 e. The molecule has 1 aromatic rings. The highest BCUT2D eigenvalue weighted by atomic mass is 35.5. The highest BCUT2D eigenvalue weighted by Gasteiger charge is 2.22. The molecule has 92 valence electrons. The molecule has 16 heavy (non-hydrogen) atoms. The van der Waals surface area contributed by atoms with E-state index in [9.17, 15) is 8.42 Å². The fraction of sp³-hybridized carbons (Fsp3) is 0.667. The van der Waals surface area contributed by atoms with Crippen LogP contribution in [0.5, 0.6) is 0 Å². The molecule has 0 aliphatic heterocycles. The number of nitrogens with one attached hydrogen (secondary N) is 1. The van der Waals surface area contributed by atoms with E-state index in [1.54, 1.807) is 11.7 Å². The lowest BCUT2D eigenvalue weighted by Crippen LogP contribution is -2.27. The van der Waals surface area contributed by atoms with Gasteiger partial charge in [0.15, 0.2) is 0 Å². The molecule has 0 aliphatic rings. The van der Waals surface area contributed by atoms with E-state index in [4.69, 9.17) is 11.6 Å². The molecule has 1 aromatic heterocycles. The summed E-state index contributed by atoms with van der Waals surface area (Å²) in [7, 11) is -1.36. The fourth-order valence-corrected chi connectivity index (χ4v) is 2.78. The highest BCUT2D eigenvalue weighted by molar-refractivity contribution is 7.90. The molecule has 1 heterocycles. The Labute approximate surface area is 101 Å². The van der Waals surface area contributed by atoms with Crippen LogP contribution in [0.4, 0.5) is 0 Å². The Morgan fingerprint density at radius 1 is 1.62 bits per heavy atom. The molecule has 1 rings (SSSR count). The Kier molecular flexibility index (Phi) is 4.35. The summed E-state index contributed by atoms with van der Waals surface area (Å²) in [5, 5.41) is 7.53. The van der Waals surface area contributed by atoms with Crippen LogP contribution in [0.3, 0.4) is 0 Å². The maximum Gasteiger partial charge on any atom is 0.149 e. The number of rotatable bonds is 5. The molecule has 0 spiro atoms. The molecule has 1 atom stereocenters. The summed E-state index contributed by atoms with van der Waals surface area (Å²) in [6, 6.07) is -0.329. The first-order valence-corrected chi connectivity index (χ1v) is 7.39. The second-order valence-corrected chi connectivity index (χ2v) is 6.22. The molecule has 1 N–H and O–H groups in total. The van der Waals surface area contributed by atoms with Crippen molar-refractivity contribution in [2.75, 3.05) is 19.1 Å². The first-order chi connectivity index (χ1) is 7.39. The van der Waals surface area contributed by atoms with E-state index in [0.717, 1.165) is 5.69 Å². The largest absolute Gasteiger partial charge is 0.311 e. The lowest BCUT2D eigenvalue weighted by atomic mass is 10.2. The first-order valence-electron chi connectivity index (χ1n) is 4.95. The average Bonchev–Trinajstić information content (AvgIpc) is 2.54. The molecule has 5 nitrogen and oxygen atoms in total. The van der Waals surface area contributed by atoms with Gasteiger partial charge in [-0.2, -0.15) is 5.10 Å². The van der Waals surface area contributed by atoms with Crippen molar-refractivity contribution < 1.29 is 8.42 Å². The van der Waals surface area contributed by atoms with Gasteiger partial charge in [0, 0.05) is 12.8 Å². The number of nitrogens with zero attached hydrogens (tertiary/aromatic N) is 2. The molecule has 0 radical (unpaired) electrons. The van der Waals surface area contributed by atoms with Crippen molar-refractivity contribution in [2.24, 2.45) is 0 Å². The molecule has 0 bridgehead atoms. The normalized spacial score (nSPS) is 14.0. The Balaban J connectivity index is 3.08. The summed E-state index contributed by atoms with van der Waals surface area (Å²) in [5.41, 5.74) is 0.720. The summed E-state index contributed by atoms with van der Waals surface area (Å²) < 4.78 is 24.3. The Morgan fingerprint density at radius 3 is 2.69 bits per heavy atom. The third-order valence-electron chi connectivity index (χ3n) is 2.28. The Hall–Kier alpha value is -0.590. The third kappa shape index (κ3) is 3.20. The van der Waals surface area contributed by atoms with Crippen molar-refractivity contribution in [3.8, 4) is 0 Å². The summed E-state index contributed by atoms with van der Waals surface area (Å²) in [6.07, 6.45) is 2.74. The van der Waals surface area contributed by atoms with Crippen LogP contribution in [-0.4, -0.2) is 37.3 Å². The van der Waals surface area contributed by atoms with E-state index in [2.05, 4.69) is 10.4 Å². The van der Waals surface area contributed by atoms with E-state index in [1.807, 2.05) is 6.92 Å². The van der Waals surface area contributed by atoms with E-state index >= 15 is 0 Å². The van der Waals surface area contributed by atoms with Crippen molar-refractivity contribution in [1.82, 2.24) is 15.1 Å². The predicted octanol–water partition coefficient (Wildman–Crippen LogP) is 0.861. The number of aryl methyl sites for hydroxylation is 1. The fourth-order valence-electron chi connectivity index (χ4n) is 1.57. The molecular weight excluding hydrogens is 250 g/mol. The third-order valence-corrected chi connectivity index (χ3v) is 3.51. The highest BCUT2D eigenvalue weighted by Crippen LogP contribution is 2.23. The number of sulfone groups is 1. The van der Waals surface area contributed by atoms with Gasteiger partial charge in [0.2, 0.25) is 0 Å². The number of hydrogen-bond donors (Lipinski definition) is 1. The van der Waals surface area contributed by atoms with Crippen LogP contribution in [0.25, 0.3) is 0 Å². The maximum atomic E-state index is 11.3. The lowest BCUT2D eigenvalue weighted by molar-refractivity contribution is 0.533. The van der Waals surface area contributed by atoms with Crippen molar-refractivity contribution in [3.63, 3.8) is 0 Å². The molecule has 1 unspecified atom stereocenters. The van der Waals surface area contributed by atoms with Gasteiger partial charge in [-0.15, -0.1) is 0 Å². The van der Waals surface area contributed by atoms with Gasteiger partial charge >= 0.3 is 0 Å². The number of aromatic nitrogens is 2. The van der Waals surface area contributed by atoms with Gasteiger partial charge in [-0.05, 0) is 14.0 Å². The summed E-state index contributed by atoms with van der Waals surface area (Å²) >= 11 is 6.01. The van der Waals surface area contributed by atoms with Gasteiger partial charge in [0.25, 0.3) is 0 Å². The van der Waals surface area contributed by atoms with Crippen LogP contribution in [0.15, 0.2) is 6.20 Å². The lowest BCUT2D eigenvalue weighted by Gasteiger charge is -2.17. The van der Waals surface area contributed by atoms with E-state index in [-0.39, 0.29) is 11.8 Å². The van der Waals surface area contributed by atoms with Crippen molar-refractivity contribution in [2.45, 2.75) is 19.5 Å². The number of halogens is 1. The first kappa shape index (κ1) is 13.5. The zero-order valence-electron chi connectivity index (χ0n) is 9.57. The summed E-state index contributed by atoms with van der Waals surface area (Å²) in [6.45, 7) is 2.59. The Morgan fingerprint density at radius 2 is 2.25 bits per heavy atom. The molecular formula is C9H16ClN3O2S. The van der Waals surface area contributed by atoms with Gasteiger partial charge in [0.05, 0.1) is 28.7 Å². The molecule has 7 heteroatoms. The quantitative estimate of drug-likeness (QED) is 0.858. The van der Waals surface area contributed by atoms with Gasteiger partial charge in [0.1, 0.15) is 9.84 Å². The van der Waals surface area contributed by atoms with Gasteiger partial charge in [-0.25, -0.2) is 8.42 Å². The zero-order valence-corrected chi connectivity index (χ0v) is 11.1. The summed E-state index contributed by atoms with van der Waals surface area (Å²) in [5.74, 6) is 0.00884. The van der Waals surface area contributed by atoms with Crippen molar-refractivity contribution in [1.29, 1.82) is 0 Å². The van der Waals surface area contributed by atoms with E-state index in [0.29, 0.717) is 11.6 Å². The SMILES string of the molecule is CCn1ncc(Cl)c1C(CS(C)(=O)=O)NC. The van der Waals surface area contributed by atoms with Crippen LogP contribution in [-0.2, 0) is 16.4 Å². The van der Waals surface area contributed by atoms with E-state index in [1.165, 1.54) is 12.5 Å².